The van der Waals surface area contributed by atoms with Crippen molar-refractivity contribution < 1.29 is 18.0 Å². The smallest absolute Gasteiger partial charge is 0.354 e. The molecule has 0 unspecified atom stereocenters. The van der Waals surface area contributed by atoms with Crippen LogP contribution in [0.25, 0.3) is 5.65 Å². The zero-order valence-electron chi connectivity index (χ0n) is 9.97. The third kappa shape index (κ3) is 2.25. The largest absolute Gasteiger partial charge is 0.417 e. The van der Waals surface area contributed by atoms with E-state index in [4.69, 9.17) is 11.6 Å². The first kappa shape index (κ1) is 13.7. The van der Waals surface area contributed by atoms with Crippen LogP contribution in [-0.2, 0) is 6.18 Å². The van der Waals surface area contributed by atoms with Gasteiger partial charge in [0.15, 0.2) is 5.65 Å². The number of aryl methyl sites for hydroxylation is 1. The summed E-state index contributed by atoms with van der Waals surface area (Å²) in [5.41, 5.74) is -0.482. The lowest BCUT2D eigenvalue weighted by molar-refractivity contribution is -0.137. The molecule has 0 fully saturated rings. The van der Waals surface area contributed by atoms with Crippen LogP contribution in [0.2, 0.25) is 5.02 Å². The highest BCUT2D eigenvalue weighted by Crippen LogP contribution is 2.32. The average Bonchev–Trinajstić information content (AvgIpc) is 2.64. The number of halogens is 4. The number of nitrogens with zero attached hydrogens (tertiary/aromatic N) is 2. The van der Waals surface area contributed by atoms with E-state index < -0.39 is 17.6 Å². The molecule has 0 aliphatic heterocycles. The first-order valence-electron chi connectivity index (χ1n) is 5.23. The first-order valence-corrected chi connectivity index (χ1v) is 5.61. The van der Waals surface area contributed by atoms with Crippen molar-refractivity contribution >= 4 is 23.2 Å². The van der Waals surface area contributed by atoms with Gasteiger partial charge in [0.2, 0.25) is 0 Å². The molecule has 1 amide bonds. The van der Waals surface area contributed by atoms with Gasteiger partial charge in [0.25, 0.3) is 5.91 Å². The van der Waals surface area contributed by atoms with E-state index in [9.17, 15) is 18.0 Å². The zero-order chi connectivity index (χ0) is 14.4. The van der Waals surface area contributed by atoms with Crippen LogP contribution >= 0.6 is 11.6 Å². The number of carbonyl (C=O) groups is 1. The fourth-order valence-electron chi connectivity index (χ4n) is 1.76. The number of hydrogen-bond acceptors (Lipinski definition) is 2. The topological polar surface area (TPSA) is 46.4 Å². The summed E-state index contributed by atoms with van der Waals surface area (Å²) in [5.74, 6) is -0.527. The molecular weight excluding hydrogens is 283 g/mol. The number of aromatic nitrogens is 2. The van der Waals surface area contributed by atoms with Crippen molar-refractivity contribution in [2.24, 2.45) is 0 Å². The zero-order valence-corrected chi connectivity index (χ0v) is 10.7. The SMILES string of the molecule is CNC(=O)c1c(C)nc2c(Cl)cc(C(F)(F)F)cn12. The Morgan fingerprint density at radius 1 is 1.47 bits per heavy atom. The van der Waals surface area contributed by atoms with E-state index in [1.165, 1.54) is 14.0 Å². The maximum Gasteiger partial charge on any atom is 0.417 e. The van der Waals surface area contributed by atoms with Crippen molar-refractivity contribution in [1.82, 2.24) is 14.7 Å². The van der Waals surface area contributed by atoms with Crippen molar-refractivity contribution in [3.63, 3.8) is 0 Å². The Balaban J connectivity index is 2.81. The summed E-state index contributed by atoms with van der Waals surface area (Å²) in [6.07, 6.45) is -3.73. The lowest BCUT2D eigenvalue weighted by atomic mass is 10.2. The molecule has 102 valence electrons. The Kier molecular flexibility index (Phi) is 3.17. The Morgan fingerprint density at radius 3 is 2.63 bits per heavy atom. The number of amides is 1. The molecule has 0 radical (unpaired) electrons. The third-order valence-electron chi connectivity index (χ3n) is 2.62. The predicted molar refractivity (Wildman–Crippen MR) is 63.3 cm³/mol. The minimum Gasteiger partial charge on any atom is -0.354 e. The van der Waals surface area contributed by atoms with Gasteiger partial charge in [-0.25, -0.2) is 4.98 Å². The van der Waals surface area contributed by atoms with Crippen molar-refractivity contribution in [2.45, 2.75) is 13.1 Å². The normalized spacial score (nSPS) is 11.9. The highest BCUT2D eigenvalue weighted by atomic mass is 35.5. The number of fused-ring (bicyclic) bond motifs is 1. The molecule has 1 N–H and O–H groups in total. The van der Waals surface area contributed by atoms with E-state index >= 15 is 0 Å². The molecule has 0 bridgehead atoms. The number of nitrogens with one attached hydrogen (secondary N) is 1. The fourth-order valence-corrected chi connectivity index (χ4v) is 2.02. The molecule has 2 rings (SSSR count). The Morgan fingerprint density at radius 2 is 2.11 bits per heavy atom. The molecule has 2 heterocycles. The summed E-state index contributed by atoms with van der Waals surface area (Å²) in [6, 6.07) is 0.789. The van der Waals surface area contributed by atoms with Gasteiger partial charge in [0.1, 0.15) is 5.69 Å². The Bertz CT molecular complexity index is 663. The van der Waals surface area contributed by atoms with Gasteiger partial charge in [-0.3, -0.25) is 9.20 Å². The lowest BCUT2D eigenvalue weighted by Crippen LogP contribution is -2.21. The highest BCUT2D eigenvalue weighted by molar-refractivity contribution is 6.33. The molecule has 19 heavy (non-hydrogen) atoms. The van der Waals surface area contributed by atoms with Gasteiger partial charge in [-0.05, 0) is 13.0 Å². The monoisotopic (exact) mass is 291 g/mol. The molecule has 8 heteroatoms. The first-order chi connectivity index (χ1) is 8.75. The van der Waals surface area contributed by atoms with Gasteiger partial charge in [-0.2, -0.15) is 13.2 Å². The minimum atomic E-state index is -4.55. The summed E-state index contributed by atoms with van der Waals surface area (Å²) in [6.45, 7) is 1.53. The quantitative estimate of drug-likeness (QED) is 0.878. The molecule has 2 aromatic heterocycles. The van der Waals surface area contributed by atoms with E-state index in [0.717, 1.165) is 16.7 Å². The van der Waals surface area contributed by atoms with E-state index in [-0.39, 0.29) is 16.4 Å². The maximum absolute atomic E-state index is 12.7. The molecule has 0 aliphatic carbocycles. The average molecular weight is 292 g/mol. The van der Waals surface area contributed by atoms with Crippen LogP contribution in [0.3, 0.4) is 0 Å². The standard InChI is InChI=1S/C11H9ClF3N3O/c1-5-8(10(19)16-2)18-4-6(11(13,14)15)3-7(12)9(18)17-5/h3-4H,1-2H3,(H,16,19). The molecule has 0 aromatic carbocycles. The molecular formula is C11H9ClF3N3O. The van der Waals surface area contributed by atoms with Crippen LogP contribution in [0.5, 0.6) is 0 Å². The number of imidazole rings is 1. The Labute approximate surface area is 111 Å². The van der Waals surface area contributed by atoms with Crippen LogP contribution in [0.1, 0.15) is 21.7 Å². The summed E-state index contributed by atoms with van der Waals surface area (Å²) in [4.78, 5) is 15.7. The summed E-state index contributed by atoms with van der Waals surface area (Å²) < 4.78 is 39.2. The summed E-state index contributed by atoms with van der Waals surface area (Å²) >= 11 is 5.79. The second-order valence-corrected chi connectivity index (χ2v) is 4.30. The fraction of sp³-hybridized carbons (Fsp3) is 0.273. The molecule has 4 nitrogen and oxygen atoms in total. The van der Waals surface area contributed by atoms with Crippen molar-refractivity contribution in [1.29, 1.82) is 0 Å². The Hall–Kier alpha value is -1.76. The second-order valence-electron chi connectivity index (χ2n) is 3.89. The van der Waals surface area contributed by atoms with Crippen molar-refractivity contribution in [3.05, 3.63) is 34.2 Å². The number of hydrogen-bond donors (Lipinski definition) is 1. The summed E-state index contributed by atoms with van der Waals surface area (Å²) in [7, 11) is 1.39. The van der Waals surface area contributed by atoms with Gasteiger partial charge in [0, 0.05) is 13.2 Å². The van der Waals surface area contributed by atoms with E-state index in [2.05, 4.69) is 10.3 Å². The second kappa shape index (κ2) is 4.41. The molecule has 0 saturated carbocycles. The number of alkyl halides is 3. The van der Waals surface area contributed by atoms with E-state index in [1.54, 1.807) is 0 Å². The predicted octanol–water partition coefficient (Wildman–Crippen LogP) is 2.67. The maximum atomic E-state index is 12.7. The lowest BCUT2D eigenvalue weighted by Gasteiger charge is -2.09. The molecule has 0 spiro atoms. The van der Waals surface area contributed by atoms with Gasteiger partial charge >= 0.3 is 6.18 Å². The van der Waals surface area contributed by atoms with Gasteiger partial charge < -0.3 is 5.32 Å². The van der Waals surface area contributed by atoms with Gasteiger partial charge in [0.05, 0.1) is 16.3 Å². The minimum absolute atomic E-state index is 0.0329. The number of pyridine rings is 1. The van der Waals surface area contributed by atoms with E-state index in [0.29, 0.717) is 5.69 Å². The van der Waals surface area contributed by atoms with Gasteiger partial charge in [-0.1, -0.05) is 11.6 Å². The summed E-state index contributed by atoms with van der Waals surface area (Å²) in [5, 5.41) is 2.19. The van der Waals surface area contributed by atoms with Crippen LogP contribution in [0.15, 0.2) is 12.3 Å². The van der Waals surface area contributed by atoms with Crippen molar-refractivity contribution in [2.75, 3.05) is 7.05 Å². The highest BCUT2D eigenvalue weighted by Gasteiger charge is 2.32. The molecule has 0 saturated heterocycles. The van der Waals surface area contributed by atoms with Gasteiger partial charge in [-0.15, -0.1) is 0 Å². The molecule has 0 atom stereocenters. The van der Waals surface area contributed by atoms with Crippen molar-refractivity contribution in [3.8, 4) is 0 Å². The third-order valence-corrected chi connectivity index (χ3v) is 2.90. The number of rotatable bonds is 1. The van der Waals surface area contributed by atoms with Crippen LogP contribution in [0.4, 0.5) is 13.2 Å². The van der Waals surface area contributed by atoms with Crippen LogP contribution < -0.4 is 5.32 Å². The number of carbonyl (C=O) groups excluding carboxylic acids is 1. The van der Waals surface area contributed by atoms with E-state index in [1.807, 2.05) is 0 Å². The molecule has 0 aliphatic rings. The van der Waals surface area contributed by atoms with Crippen LogP contribution in [0, 0.1) is 6.92 Å². The molecule has 2 aromatic rings. The van der Waals surface area contributed by atoms with Crippen LogP contribution in [-0.4, -0.2) is 22.3 Å².